The number of nitrogens with zero attached hydrogens (tertiary/aromatic N) is 2. The van der Waals surface area contributed by atoms with Crippen molar-refractivity contribution in [2.45, 2.75) is 91.4 Å². The fourth-order valence-electron chi connectivity index (χ4n) is 16.5. The van der Waals surface area contributed by atoms with E-state index in [1.807, 2.05) is 0 Å². The van der Waals surface area contributed by atoms with Crippen LogP contribution in [0.5, 0.6) is 0 Å². The Hall–Kier alpha value is -12.0. The van der Waals surface area contributed by atoms with Gasteiger partial charge in [-0.2, -0.15) is 0 Å². The van der Waals surface area contributed by atoms with Crippen molar-refractivity contribution in [3.05, 3.63) is 369 Å². The van der Waals surface area contributed by atoms with Crippen molar-refractivity contribution < 1.29 is 0 Å². The van der Waals surface area contributed by atoms with Gasteiger partial charge < -0.3 is 9.80 Å². The molecule has 0 aromatic heterocycles. The molecule has 107 heavy (non-hydrogen) atoms. The molecule has 2 nitrogen and oxygen atoms in total. The first-order valence-electron chi connectivity index (χ1n) is 38.5. The molecule has 0 aliphatic carbocycles. The van der Waals surface area contributed by atoms with Crippen molar-refractivity contribution in [1.29, 1.82) is 0 Å². The van der Waals surface area contributed by atoms with Crippen molar-refractivity contribution in [3.63, 3.8) is 0 Å². The normalized spacial score (nSPS) is 12.4. The number of fused-ring (bicyclic) bond motifs is 4. The van der Waals surface area contributed by atoms with Crippen LogP contribution in [0, 0.1) is 0 Å². The second kappa shape index (κ2) is 28.8. The highest BCUT2D eigenvalue weighted by atomic mass is 15.2. The molecule has 518 valence electrons. The van der Waals surface area contributed by atoms with Crippen LogP contribution in [-0.2, 0) is 17.3 Å². The smallest absolute Gasteiger partial charge is 0.252 e. The summed E-state index contributed by atoms with van der Waals surface area (Å²) in [5.74, 6) is 0. The summed E-state index contributed by atoms with van der Waals surface area (Å²) in [6, 6.07) is 133. The zero-order valence-corrected chi connectivity index (χ0v) is 62.5. The molecule has 0 bridgehead atoms. The van der Waals surface area contributed by atoms with Gasteiger partial charge in [0.2, 0.25) is 0 Å². The molecule has 0 spiro atoms. The summed E-state index contributed by atoms with van der Waals surface area (Å²) in [5, 5.41) is 0. The average Bonchev–Trinajstić information content (AvgIpc) is 0.689. The summed E-state index contributed by atoms with van der Waals surface area (Å²) in [5.41, 5.74) is 37.9. The van der Waals surface area contributed by atoms with E-state index >= 15 is 0 Å². The second-order valence-electron chi connectivity index (χ2n) is 31.4. The summed E-state index contributed by atoms with van der Waals surface area (Å²) in [6.07, 6.45) is 5.48. The van der Waals surface area contributed by atoms with Gasteiger partial charge in [-0.15, -0.1) is 0 Å². The lowest BCUT2D eigenvalue weighted by molar-refractivity contribution is 0.590. The van der Waals surface area contributed by atoms with Gasteiger partial charge in [-0.25, -0.2) is 0 Å². The predicted octanol–water partition coefficient (Wildman–Crippen LogP) is 27.2. The van der Waals surface area contributed by atoms with Gasteiger partial charge in [0, 0.05) is 45.0 Å². The molecule has 0 amide bonds. The van der Waals surface area contributed by atoms with Crippen LogP contribution in [0.1, 0.15) is 90.8 Å². The van der Waals surface area contributed by atoms with Crippen LogP contribution < -0.4 is 26.2 Å². The maximum atomic E-state index is 2.75. The summed E-state index contributed by atoms with van der Waals surface area (Å²) < 4.78 is 0. The minimum Gasteiger partial charge on any atom is -0.310 e. The third kappa shape index (κ3) is 13.4. The molecule has 15 aromatic carbocycles. The summed E-state index contributed by atoms with van der Waals surface area (Å²) in [4.78, 5) is 5.50. The van der Waals surface area contributed by atoms with Gasteiger partial charge in [0.15, 0.2) is 0 Å². The van der Waals surface area contributed by atoms with Crippen LogP contribution in [0.4, 0.5) is 34.1 Å². The van der Waals surface area contributed by atoms with Gasteiger partial charge in [-0.05, 0) is 194 Å². The van der Waals surface area contributed by atoms with Crippen LogP contribution in [0.25, 0.3) is 111 Å². The maximum absolute atomic E-state index is 2.75. The van der Waals surface area contributed by atoms with E-state index in [1.165, 1.54) is 151 Å². The molecule has 0 atom stereocenters. The number of unbranched alkanes of at least 4 members (excludes halogenated alkanes) is 3. The van der Waals surface area contributed by atoms with E-state index in [0.717, 1.165) is 59.3 Å². The molecule has 0 N–H and O–H groups in total. The van der Waals surface area contributed by atoms with Gasteiger partial charge in [0.1, 0.15) is 0 Å². The molecule has 17 rings (SSSR count). The molecule has 3 heteroatoms. The lowest BCUT2D eigenvalue weighted by atomic mass is 9.33. The molecular formula is C104H89BN2. The average molecular weight is 1380 g/mol. The van der Waals surface area contributed by atoms with E-state index < -0.39 is 0 Å². The van der Waals surface area contributed by atoms with Crippen molar-refractivity contribution in [2.24, 2.45) is 0 Å². The highest BCUT2D eigenvalue weighted by molar-refractivity contribution is 7.00. The number of hydrogen-bond donors (Lipinski definition) is 0. The first-order chi connectivity index (χ1) is 52.3. The fraction of sp³-hybridized carbons (Fsp3) is 0.135. The Morgan fingerprint density at radius 1 is 0.243 bits per heavy atom. The molecule has 2 heterocycles. The van der Waals surface area contributed by atoms with Crippen LogP contribution in [-0.4, -0.2) is 6.71 Å². The first-order valence-corrected chi connectivity index (χ1v) is 38.5. The summed E-state index contributed by atoms with van der Waals surface area (Å²) in [7, 11) is 0. The molecule has 2 aliphatic heterocycles. The molecule has 0 unspecified atom stereocenters. The number of rotatable bonds is 17. The summed E-state index contributed by atoms with van der Waals surface area (Å²) in [6.45, 7) is 16.4. The zero-order chi connectivity index (χ0) is 72.8. The quantitative estimate of drug-likeness (QED) is 0.0662. The minimum atomic E-state index is -0.217. The first kappa shape index (κ1) is 68.1. The van der Waals surface area contributed by atoms with E-state index in [1.54, 1.807) is 0 Å². The Morgan fingerprint density at radius 3 is 0.766 bits per heavy atom. The topological polar surface area (TPSA) is 6.48 Å². The molecule has 2 aliphatic rings. The zero-order valence-electron chi connectivity index (χ0n) is 62.5. The largest absolute Gasteiger partial charge is 0.310 e. The van der Waals surface area contributed by atoms with E-state index in [9.17, 15) is 0 Å². The molecule has 0 saturated heterocycles. The van der Waals surface area contributed by atoms with Gasteiger partial charge >= 0.3 is 0 Å². The fourth-order valence-corrected chi connectivity index (χ4v) is 16.5. The van der Waals surface area contributed by atoms with Crippen molar-refractivity contribution in [3.8, 4) is 111 Å². The number of benzene rings is 15. The van der Waals surface area contributed by atoms with Crippen LogP contribution in [0.3, 0.4) is 0 Å². The number of hydrogen-bond acceptors (Lipinski definition) is 2. The van der Waals surface area contributed by atoms with E-state index in [4.69, 9.17) is 0 Å². The Kier molecular flexibility index (Phi) is 18.3. The Bertz CT molecular complexity index is 5130. The highest BCUT2D eigenvalue weighted by Crippen LogP contribution is 2.55. The summed E-state index contributed by atoms with van der Waals surface area (Å²) >= 11 is 0. The Balaban J connectivity index is 1.02. The van der Waals surface area contributed by atoms with Crippen molar-refractivity contribution in [1.82, 2.24) is 0 Å². The number of aryl methyl sites for hydroxylation is 1. The highest BCUT2D eigenvalue weighted by Gasteiger charge is 2.46. The molecular weight excluding hydrogens is 1290 g/mol. The molecule has 15 aromatic rings. The molecule has 0 radical (unpaired) electrons. The van der Waals surface area contributed by atoms with Gasteiger partial charge in [-0.1, -0.05) is 371 Å². The van der Waals surface area contributed by atoms with Crippen molar-refractivity contribution >= 4 is 57.2 Å². The van der Waals surface area contributed by atoms with E-state index in [0.29, 0.717) is 0 Å². The van der Waals surface area contributed by atoms with Crippen LogP contribution in [0.2, 0.25) is 0 Å². The minimum absolute atomic E-state index is 0.217. The van der Waals surface area contributed by atoms with E-state index in [2.05, 4.69) is 410 Å². The standard InChI is InChI=1S/C104H89BN2/c1-8-9-10-17-30-71-63-98-100-99(64-71)107(102-92(84-55-47-80(48-56-84)74-35-22-13-23-36-74)69-89(104(5,6)7)70-93(102)85-57-49-81(50-58-85)75-37-24-14-25-38-75)97-62-60-87(77-41-28-16-29-42-77)66-95(97)105(100)94-65-86(76-39-26-15-27-40-76)59-61-96(94)106(98)101-90(82-51-43-78(44-52-82)72-31-18-11-19-32-72)67-88(103(2,3)4)68-91(101)83-53-45-79(46-54-83)73-33-20-12-21-34-73/h11-16,18-29,31-70H,8-10,17,30H2,1-7H3. The number of anilines is 6. The predicted molar refractivity (Wildman–Crippen MR) is 460 cm³/mol. The Morgan fingerprint density at radius 2 is 0.495 bits per heavy atom. The van der Waals surface area contributed by atoms with Crippen LogP contribution in [0.15, 0.2) is 352 Å². The van der Waals surface area contributed by atoms with Gasteiger partial charge in [0.25, 0.3) is 6.71 Å². The second-order valence-corrected chi connectivity index (χ2v) is 31.4. The molecule has 0 fully saturated rings. The monoisotopic (exact) mass is 1380 g/mol. The van der Waals surface area contributed by atoms with E-state index in [-0.39, 0.29) is 17.5 Å². The SMILES string of the molecule is CCCCCCc1cc2c3c(c1)N(c1c(-c4ccc(-c5ccccc5)cc4)cc(C(C)(C)C)cc1-c1ccc(-c4ccccc4)cc1)c1ccc(-c4ccccc4)cc1B3c1cc(-c3ccccc3)ccc1N2c1c(-c2ccc(-c3ccccc3)cc2)cc(C(C)(C)C)cc1-c1ccc(-c2ccccc2)cc1. The maximum Gasteiger partial charge on any atom is 0.252 e. The molecule has 0 saturated carbocycles. The van der Waals surface area contributed by atoms with Gasteiger partial charge in [0.05, 0.1) is 11.4 Å². The lowest BCUT2D eigenvalue weighted by Gasteiger charge is -2.46. The van der Waals surface area contributed by atoms with Crippen LogP contribution >= 0.6 is 0 Å². The van der Waals surface area contributed by atoms with Crippen molar-refractivity contribution in [2.75, 3.05) is 9.80 Å². The van der Waals surface area contributed by atoms with Gasteiger partial charge in [-0.3, -0.25) is 0 Å². The Labute approximate surface area is 634 Å². The lowest BCUT2D eigenvalue weighted by Crippen LogP contribution is -2.61. The third-order valence-electron chi connectivity index (χ3n) is 22.3. The third-order valence-corrected chi connectivity index (χ3v) is 22.3.